The lowest BCUT2D eigenvalue weighted by atomic mass is 10.1. The summed E-state index contributed by atoms with van der Waals surface area (Å²) in [6.45, 7) is 5.90. The highest BCUT2D eigenvalue weighted by Crippen LogP contribution is 2.25. The topological polar surface area (TPSA) is 61.4 Å². The third-order valence-corrected chi connectivity index (χ3v) is 6.46. The van der Waals surface area contributed by atoms with Crippen molar-refractivity contribution in [3.05, 3.63) is 45.2 Å². The van der Waals surface area contributed by atoms with Gasteiger partial charge in [0.25, 0.3) is 0 Å². The van der Waals surface area contributed by atoms with E-state index in [2.05, 4.69) is 22.2 Å². The van der Waals surface area contributed by atoms with E-state index in [-0.39, 0.29) is 5.91 Å². The molecule has 1 amide bonds. The van der Waals surface area contributed by atoms with Gasteiger partial charge >= 0.3 is 0 Å². The molecule has 0 saturated carbocycles. The van der Waals surface area contributed by atoms with Gasteiger partial charge in [0, 0.05) is 48.6 Å². The number of piperazine rings is 1. The van der Waals surface area contributed by atoms with Crippen LogP contribution in [-0.4, -0.2) is 54.0 Å². The molecule has 1 aromatic carbocycles. The Morgan fingerprint density at radius 2 is 1.97 bits per heavy atom. The summed E-state index contributed by atoms with van der Waals surface area (Å²) in [6, 6.07) is 9.65. The number of aryl methyl sites for hydroxylation is 2. The van der Waals surface area contributed by atoms with Crippen LogP contribution in [0, 0.1) is 6.92 Å². The standard InChI is InChI=1S/C21H24ClN5OS/c1-14-17-13-15(24-20(28)8-5-16-4-7-19(22)29-16)3-6-18(17)25-21(23-14)27-11-9-26(2)10-12-27/h3-4,6-7,13H,5,8-12H2,1-2H3,(H,24,28). The number of carbonyl (C=O) groups excluding carboxylic acids is 1. The van der Waals surface area contributed by atoms with Gasteiger partial charge in [-0.1, -0.05) is 11.6 Å². The lowest BCUT2D eigenvalue weighted by Gasteiger charge is -2.32. The number of amides is 1. The number of likely N-dealkylation sites (N-methyl/N-ethyl adjacent to an activating group) is 1. The van der Waals surface area contributed by atoms with Crippen LogP contribution in [0.4, 0.5) is 11.6 Å². The van der Waals surface area contributed by atoms with Crippen LogP contribution in [0.1, 0.15) is 17.0 Å². The number of nitrogens with zero attached hydrogens (tertiary/aromatic N) is 4. The Kier molecular flexibility index (Phi) is 5.99. The molecule has 0 unspecified atom stereocenters. The average Bonchev–Trinajstić information content (AvgIpc) is 3.12. The molecular weight excluding hydrogens is 406 g/mol. The van der Waals surface area contributed by atoms with Gasteiger partial charge in [-0.15, -0.1) is 11.3 Å². The number of benzene rings is 1. The lowest BCUT2D eigenvalue weighted by molar-refractivity contribution is -0.116. The second kappa shape index (κ2) is 8.65. The Balaban J connectivity index is 1.45. The van der Waals surface area contributed by atoms with E-state index in [4.69, 9.17) is 21.6 Å². The molecule has 1 N–H and O–H groups in total. The molecule has 4 rings (SSSR count). The predicted molar refractivity (Wildman–Crippen MR) is 120 cm³/mol. The lowest BCUT2D eigenvalue weighted by Crippen LogP contribution is -2.45. The molecule has 0 aliphatic carbocycles. The summed E-state index contributed by atoms with van der Waals surface area (Å²) in [5.74, 6) is 0.774. The van der Waals surface area contributed by atoms with Gasteiger partial charge in [0.1, 0.15) is 0 Å². The quantitative estimate of drug-likeness (QED) is 0.664. The van der Waals surface area contributed by atoms with Gasteiger partial charge < -0.3 is 15.1 Å². The van der Waals surface area contributed by atoms with Crippen molar-refractivity contribution < 1.29 is 4.79 Å². The summed E-state index contributed by atoms with van der Waals surface area (Å²) in [5, 5.41) is 3.95. The van der Waals surface area contributed by atoms with E-state index >= 15 is 0 Å². The molecule has 1 fully saturated rings. The zero-order valence-corrected chi connectivity index (χ0v) is 18.2. The summed E-state index contributed by atoms with van der Waals surface area (Å²) in [4.78, 5) is 27.5. The number of hydrogen-bond acceptors (Lipinski definition) is 6. The molecule has 6 nitrogen and oxygen atoms in total. The molecule has 0 bridgehead atoms. The van der Waals surface area contributed by atoms with Crippen molar-refractivity contribution in [2.75, 3.05) is 43.4 Å². The molecule has 152 valence electrons. The summed E-state index contributed by atoms with van der Waals surface area (Å²) in [5.41, 5.74) is 2.59. The van der Waals surface area contributed by atoms with Crippen molar-refractivity contribution in [2.24, 2.45) is 0 Å². The molecule has 3 aromatic rings. The molecule has 0 spiro atoms. The Morgan fingerprint density at radius 3 is 2.69 bits per heavy atom. The zero-order chi connectivity index (χ0) is 20.4. The molecule has 1 saturated heterocycles. The molecule has 8 heteroatoms. The maximum atomic E-state index is 12.3. The SMILES string of the molecule is Cc1nc(N2CCN(C)CC2)nc2ccc(NC(=O)CCc3ccc(Cl)s3)cc12. The first-order valence-electron chi connectivity index (χ1n) is 9.74. The first-order valence-corrected chi connectivity index (χ1v) is 10.9. The summed E-state index contributed by atoms with van der Waals surface area (Å²) in [6.07, 6.45) is 1.11. The van der Waals surface area contributed by atoms with Crippen molar-refractivity contribution in [2.45, 2.75) is 19.8 Å². The Bertz CT molecular complexity index is 1030. The highest BCUT2D eigenvalue weighted by molar-refractivity contribution is 7.16. The van der Waals surface area contributed by atoms with E-state index in [1.807, 2.05) is 37.3 Å². The minimum Gasteiger partial charge on any atom is -0.338 e. The zero-order valence-electron chi connectivity index (χ0n) is 16.6. The Labute approximate surface area is 179 Å². The van der Waals surface area contributed by atoms with Gasteiger partial charge in [-0.3, -0.25) is 4.79 Å². The highest BCUT2D eigenvalue weighted by atomic mass is 35.5. The van der Waals surface area contributed by atoms with Crippen LogP contribution in [0.2, 0.25) is 4.34 Å². The number of carbonyl (C=O) groups is 1. The molecule has 29 heavy (non-hydrogen) atoms. The van der Waals surface area contributed by atoms with Crippen molar-refractivity contribution in [1.82, 2.24) is 14.9 Å². The third-order valence-electron chi connectivity index (χ3n) is 5.17. The van der Waals surface area contributed by atoms with Gasteiger partial charge in [0.2, 0.25) is 11.9 Å². The normalized spacial score (nSPS) is 15.1. The summed E-state index contributed by atoms with van der Waals surface area (Å²) in [7, 11) is 2.13. The summed E-state index contributed by atoms with van der Waals surface area (Å²) >= 11 is 7.46. The minimum absolute atomic E-state index is 0.0125. The van der Waals surface area contributed by atoms with Crippen molar-refractivity contribution in [1.29, 1.82) is 0 Å². The van der Waals surface area contributed by atoms with E-state index in [1.165, 1.54) is 11.3 Å². The second-order valence-electron chi connectivity index (χ2n) is 7.39. The number of nitrogens with one attached hydrogen (secondary N) is 1. The number of fused-ring (bicyclic) bond motifs is 1. The molecular formula is C21H24ClN5OS. The van der Waals surface area contributed by atoms with Crippen LogP contribution < -0.4 is 10.2 Å². The number of hydrogen-bond donors (Lipinski definition) is 1. The predicted octanol–water partition coefficient (Wildman–Crippen LogP) is 3.98. The van der Waals surface area contributed by atoms with Crippen molar-refractivity contribution in [3.8, 4) is 0 Å². The van der Waals surface area contributed by atoms with E-state index in [1.54, 1.807) is 0 Å². The van der Waals surface area contributed by atoms with E-state index < -0.39 is 0 Å². The van der Waals surface area contributed by atoms with Crippen LogP contribution in [0.15, 0.2) is 30.3 Å². The fourth-order valence-electron chi connectivity index (χ4n) is 3.44. The first kappa shape index (κ1) is 20.1. The van der Waals surface area contributed by atoms with Crippen molar-refractivity contribution >= 4 is 51.4 Å². The van der Waals surface area contributed by atoms with Gasteiger partial charge in [-0.2, -0.15) is 0 Å². The van der Waals surface area contributed by atoms with Gasteiger partial charge in [0.15, 0.2) is 0 Å². The highest BCUT2D eigenvalue weighted by Gasteiger charge is 2.18. The minimum atomic E-state index is -0.0125. The second-order valence-corrected chi connectivity index (χ2v) is 9.18. The van der Waals surface area contributed by atoms with Gasteiger partial charge in [0.05, 0.1) is 15.5 Å². The smallest absolute Gasteiger partial charge is 0.226 e. The van der Waals surface area contributed by atoms with Crippen LogP contribution in [0.5, 0.6) is 0 Å². The Hall–Kier alpha value is -2.22. The molecule has 2 aromatic heterocycles. The van der Waals surface area contributed by atoms with E-state index in [9.17, 15) is 4.79 Å². The summed E-state index contributed by atoms with van der Waals surface area (Å²) < 4.78 is 0.751. The molecule has 3 heterocycles. The fourth-order valence-corrected chi connectivity index (χ4v) is 4.53. The van der Waals surface area contributed by atoms with Gasteiger partial charge in [-0.25, -0.2) is 9.97 Å². The van der Waals surface area contributed by atoms with Crippen LogP contribution in [0.3, 0.4) is 0 Å². The third kappa shape index (κ3) is 4.86. The monoisotopic (exact) mass is 429 g/mol. The van der Waals surface area contributed by atoms with Crippen LogP contribution >= 0.6 is 22.9 Å². The number of anilines is 2. The van der Waals surface area contributed by atoms with Crippen LogP contribution in [-0.2, 0) is 11.2 Å². The largest absolute Gasteiger partial charge is 0.338 e. The molecule has 1 aliphatic heterocycles. The van der Waals surface area contributed by atoms with E-state index in [0.717, 1.165) is 63.6 Å². The van der Waals surface area contributed by atoms with Crippen LogP contribution in [0.25, 0.3) is 10.9 Å². The van der Waals surface area contributed by atoms with E-state index in [0.29, 0.717) is 12.8 Å². The average molecular weight is 430 g/mol. The number of thiophene rings is 1. The fraction of sp³-hybridized carbons (Fsp3) is 0.381. The number of halogens is 1. The molecule has 1 aliphatic rings. The first-order chi connectivity index (χ1) is 14.0. The van der Waals surface area contributed by atoms with Gasteiger partial charge in [-0.05, 0) is 50.7 Å². The molecule has 0 atom stereocenters. The number of rotatable bonds is 5. The Morgan fingerprint density at radius 1 is 1.17 bits per heavy atom. The maximum absolute atomic E-state index is 12.3. The maximum Gasteiger partial charge on any atom is 0.226 e. The van der Waals surface area contributed by atoms with Crippen molar-refractivity contribution in [3.63, 3.8) is 0 Å². The number of aromatic nitrogens is 2. The molecule has 0 radical (unpaired) electrons.